The molecule has 3 heterocycles. The van der Waals surface area contributed by atoms with Crippen molar-refractivity contribution < 1.29 is 9.53 Å². The Kier molecular flexibility index (Phi) is 4.57. The number of methoxy groups -OCH3 is 1. The van der Waals surface area contributed by atoms with Crippen LogP contribution in [0, 0.1) is 0 Å². The predicted molar refractivity (Wildman–Crippen MR) is 82.5 cm³/mol. The zero-order chi connectivity index (χ0) is 14.8. The summed E-state index contributed by atoms with van der Waals surface area (Å²) in [5, 5.41) is 2.74. The molecule has 116 valence electrons. The third-order valence-corrected chi connectivity index (χ3v) is 5.44. The molecule has 0 bridgehead atoms. The van der Waals surface area contributed by atoms with E-state index < -0.39 is 0 Å². The normalized spacial score (nSPS) is 26.7. The van der Waals surface area contributed by atoms with Gasteiger partial charge in [-0.15, -0.1) is 11.3 Å². The number of thiazole rings is 1. The Morgan fingerprint density at radius 3 is 2.86 bits per heavy atom. The SMILES string of the molecule is COCc1nc(C(=O)N2CCC[C@H]2[C@@H]2CCCN2C)cs1. The number of carbonyl (C=O) groups is 1. The van der Waals surface area contributed by atoms with Gasteiger partial charge in [0, 0.05) is 31.1 Å². The number of aromatic nitrogens is 1. The van der Waals surface area contributed by atoms with Crippen LogP contribution < -0.4 is 0 Å². The van der Waals surface area contributed by atoms with Crippen LogP contribution in [-0.4, -0.2) is 60.0 Å². The van der Waals surface area contributed by atoms with E-state index in [9.17, 15) is 4.79 Å². The Labute approximate surface area is 129 Å². The zero-order valence-corrected chi connectivity index (χ0v) is 13.6. The monoisotopic (exact) mass is 309 g/mol. The minimum Gasteiger partial charge on any atom is -0.378 e. The average molecular weight is 309 g/mol. The van der Waals surface area contributed by atoms with Gasteiger partial charge in [0.25, 0.3) is 5.91 Å². The Morgan fingerprint density at radius 1 is 1.38 bits per heavy atom. The molecule has 3 rings (SSSR count). The van der Waals surface area contributed by atoms with Gasteiger partial charge in [0.2, 0.25) is 0 Å². The molecular formula is C15H23N3O2S. The molecule has 2 atom stereocenters. The Morgan fingerprint density at radius 2 is 2.14 bits per heavy atom. The first-order valence-corrected chi connectivity index (χ1v) is 8.53. The number of rotatable bonds is 4. The Hall–Kier alpha value is -0.980. The van der Waals surface area contributed by atoms with Crippen molar-refractivity contribution in [3.05, 3.63) is 16.1 Å². The van der Waals surface area contributed by atoms with Gasteiger partial charge in [0.1, 0.15) is 10.7 Å². The van der Waals surface area contributed by atoms with Crippen molar-refractivity contribution in [2.24, 2.45) is 0 Å². The lowest BCUT2D eigenvalue weighted by Gasteiger charge is -2.32. The molecule has 0 spiro atoms. The summed E-state index contributed by atoms with van der Waals surface area (Å²) in [6.07, 6.45) is 4.68. The molecule has 0 unspecified atom stereocenters. The number of likely N-dealkylation sites (tertiary alicyclic amines) is 2. The Balaban J connectivity index is 1.73. The molecule has 1 amide bonds. The zero-order valence-electron chi connectivity index (χ0n) is 12.7. The van der Waals surface area contributed by atoms with Crippen LogP contribution in [0.4, 0.5) is 0 Å². The topological polar surface area (TPSA) is 45.7 Å². The minimum absolute atomic E-state index is 0.0939. The van der Waals surface area contributed by atoms with Crippen molar-refractivity contribution in [2.45, 2.75) is 44.4 Å². The highest BCUT2D eigenvalue weighted by atomic mass is 32.1. The number of nitrogens with zero attached hydrogens (tertiary/aromatic N) is 3. The molecule has 2 saturated heterocycles. The molecule has 0 aromatic carbocycles. The molecule has 0 saturated carbocycles. The molecule has 2 aliphatic heterocycles. The summed E-state index contributed by atoms with van der Waals surface area (Å²) in [7, 11) is 3.83. The maximum atomic E-state index is 12.7. The van der Waals surface area contributed by atoms with Gasteiger partial charge in [-0.3, -0.25) is 4.79 Å². The molecule has 0 radical (unpaired) electrons. The summed E-state index contributed by atoms with van der Waals surface area (Å²) in [4.78, 5) is 21.6. The summed E-state index contributed by atoms with van der Waals surface area (Å²) in [6, 6.07) is 0.881. The van der Waals surface area contributed by atoms with Gasteiger partial charge in [-0.05, 0) is 39.3 Å². The molecule has 5 nitrogen and oxygen atoms in total. The number of amides is 1. The second kappa shape index (κ2) is 6.42. The number of carbonyl (C=O) groups excluding carboxylic acids is 1. The predicted octanol–water partition coefficient (Wildman–Crippen LogP) is 1.99. The van der Waals surface area contributed by atoms with Gasteiger partial charge in [0.15, 0.2) is 0 Å². The van der Waals surface area contributed by atoms with Crippen LogP contribution >= 0.6 is 11.3 Å². The summed E-state index contributed by atoms with van der Waals surface area (Å²) < 4.78 is 5.08. The van der Waals surface area contributed by atoms with E-state index in [0.717, 1.165) is 30.9 Å². The van der Waals surface area contributed by atoms with Crippen LogP contribution in [0.1, 0.15) is 41.2 Å². The quantitative estimate of drug-likeness (QED) is 0.853. The van der Waals surface area contributed by atoms with Gasteiger partial charge < -0.3 is 14.5 Å². The van der Waals surface area contributed by atoms with Crippen molar-refractivity contribution in [1.29, 1.82) is 0 Å². The highest BCUT2D eigenvalue weighted by Crippen LogP contribution is 2.30. The van der Waals surface area contributed by atoms with E-state index in [1.165, 1.54) is 24.2 Å². The fourth-order valence-electron chi connectivity index (χ4n) is 3.61. The third kappa shape index (κ3) is 2.98. The van der Waals surface area contributed by atoms with Crippen molar-refractivity contribution in [2.75, 3.05) is 27.2 Å². The molecule has 0 aliphatic carbocycles. The molecule has 1 aromatic rings. The van der Waals surface area contributed by atoms with Gasteiger partial charge in [-0.1, -0.05) is 0 Å². The van der Waals surface area contributed by atoms with Crippen LogP contribution in [0.15, 0.2) is 5.38 Å². The van der Waals surface area contributed by atoms with Crippen molar-refractivity contribution in [3.8, 4) is 0 Å². The fourth-order valence-corrected chi connectivity index (χ4v) is 4.35. The van der Waals surface area contributed by atoms with Crippen LogP contribution in [0.5, 0.6) is 0 Å². The van der Waals surface area contributed by atoms with E-state index in [0.29, 0.717) is 24.4 Å². The third-order valence-electron chi connectivity index (χ3n) is 4.62. The molecule has 1 aromatic heterocycles. The van der Waals surface area contributed by atoms with Crippen molar-refractivity contribution in [1.82, 2.24) is 14.8 Å². The molecular weight excluding hydrogens is 286 g/mol. The van der Waals surface area contributed by atoms with Gasteiger partial charge in [0.05, 0.1) is 6.61 Å². The van der Waals surface area contributed by atoms with Crippen molar-refractivity contribution >= 4 is 17.2 Å². The minimum atomic E-state index is 0.0939. The Bertz CT molecular complexity index is 505. The van der Waals surface area contributed by atoms with Gasteiger partial charge in [-0.2, -0.15) is 0 Å². The highest BCUT2D eigenvalue weighted by Gasteiger charge is 2.39. The van der Waals surface area contributed by atoms with Gasteiger partial charge >= 0.3 is 0 Å². The largest absolute Gasteiger partial charge is 0.378 e. The van der Waals surface area contributed by atoms with Crippen LogP contribution in [0.25, 0.3) is 0 Å². The summed E-state index contributed by atoms with van der Waals surface area (Å²) >= 11 is 1.50. The first kappa shape index (κ1) is 14.9. The van der Waals surface area contributed by atoms with E-state index in [4.69, 9.17) is 4.74 Å². The smallest absolute Gasteiger partial charge is 0.273 e. The molecule has 6 heteroatoms. The second-order valence-electron chi connectivity index (χ2n) is 5.96. The van der Waals surface area contributed by atoms with E-state index in [1.807, 2.05) is 5.38 Å². The standard InChI is InChI=1S/C15H23N3O2S/c1-17-7-3-5-12(17)13-6-4-8-18(13)15(19)11-10-21-14(16-11)9-20-2/h10,12-13H,3-9H2,1-2H3/t12-,13-/m0/s1. The van der Waals surface area contributed by atoms with Crippen LogP contribution in [-0.2, 0) is 11.3 Å². The first-order valence-electron chi connectivity index (χ1n) is 7.65. The maximum Gasteiger partial charge on any atom is 0.273 e. The summed E-state index contributed by atoms with van der Waals surface area (Å²) in [5.41, 5.74) is 0.583. The van der Waals surface area contributed by atoms with Crippen LogP contribution in [0.3, 0.4) is 0 Å². The number of hydrogen-bond acceptors (Lipinski definition) is 5. The molecule has 2 aliphatic rings. The maximum absolute atomic E-state index is 12.7. The van der Waals surface area contributed by atoms with E-state index >= 15 is 0 Å². The first-order chi connectivity index (χ1) is 10.2. The molecule has 0 N–H and O–H groups in total. The lowest BCUT2D eigenvalue weighted by atomic mass is 10.0. The molecule has 21 heavy (non-hydrogen) atoms. The van der Waals surface area contributed by atoms with E-state index in [1.54, 1.807) is 7.11 Å². The summed E-state index contributed by atoms with van der Waals surface area (Å²) in [5.74, 6) is 0.0939. The lowest BCUT2D eigenvalue weighted by molar-refractivity contribution is 0.0658. The van der Waals surface area contributed by atoms with E-state index in [-0.39, 0.29) is 5.91 Å². The summed E-state index contributed by atoms with van der Waals surface area (Å²) in [6.45, 7) is 2.50. The van der Waals surface area contributed by atoms with Crippen LogP contribution in [0.2, 0.25) is 0 Å². The van der Waals surface area contributed by atoms with Crippen molar-refractivity contribution in [3.63, 3.8) is 0 Å². The lowest BCUT2D eigenvalue weighted by Crippen LogP contribution is -2.47. The number of likely N-dealkylation sites (N-methyl/N-ethyl adjacent to an activating group) is 1. The van der Waals surface area contributed by atoms with Gasteiger partial charge in [-0.25, -0.2) is 4.98 Å². The fraction of sp³-hybridized carbons (Fsp3) is 0.733. The number of ether oxygens (including phenoxy) is 1. The number of hydrogen-bond donors (Lipinski definition) is 0. The highest BCUT2D eigenvalue weighted by molar-refractivity contribution is 7.09. The van der Waals surface area contributed by atoms with E-state index in [2.05, 4.69) is 21.8 Å². The second-order valence-corrected chi connectivity index (χ2v) is 6.90. The molecule has 2 fully saturated rings. The average Bonchev–Trinajstić information content (AvgIpc) is 3.17.